The van der Waals surface area contributed by atoms with Crippen LogP contribution < -0.4 is 0 Å². The Bertz CT molecular complexity index is 490. The van der Waals surface area contributed by atoms with Crippen LogP contribution in [0.3, 0.4) is 0 Å². The molecule has 2 fully saturated rings. The van der Waals surface area contributed by atoms with Crippen LogP contribution in [0.4, 0.5) is 0 Å². The summed E-state index contributed by atoms with van der Waals surface area (Å²) in [6.07, 6.45) is 2.13. The lowest BCUT2D eigenvalue weighted by Crippen LogP contribution is -2.64. The standard InChI is InChI=1S/C12H14ClN3O2/c1-7-4-9(15-11(13)14-7)10(17)16-5-12(18,6-16)8-2-3-8/h4,8,18H,2-3,5-6H2,1H3. The van der Waals surface area contributed by atoms with Gasteiger partial charge in [0.1, 0.15) is 11.3 Å². The summed E-state index contributed by atoms with van der Waals surface area (Å²) in [6, 6.07) is 1.61. The molecular weight excluding hydrogens is 254 g/mol. The number of likely N-dealkylation sites (tertiary alicyclic amines) is 1. The van der Waals surface area contributed by atoms with E-state index in [4.69, 9.17) is 11.6 Å². The molecule has 18 heavy (non-hydrogen) atoms. The van der Waals surface area contributed by atoms with Gasteiger partial charge in [-0.2, -0.15) is 0 Å². The highest BCUT2D eigenvalue weighted by molar-refractivity contribution is 6.28. The number of rotatable bonds is 2. The molecule has 1 aliphatic carbocycles. The molecule has 1 saturated heterocycles. The monoisotopic (exact) mass is 267 g/mol. The van der Waals surface area contributed by atoms with Gasteiger partial charge in [-0.1, -0.05) is 0 Å². The van der Waals surface area contributed by atoms with Gasteiger partial charge < -0.3 is 10.0 Å². The van der Waals surface area contributed by atoms with Crippen LogP contribution in [0.5, 0.6) is 0 Å². The van der Waals surface area contributed by atoms with Crippen LogP contribution in [0.2, 0.25) is 5.28 Å². The smallest absolute Gasteiger partial charge is 0.272 e. The third-order valence-electron chi connectivity index (χ3n) is 3.60. The molecule has 2 aliphatic rings. The predicted octanol–water partition coefficient (Wildman–Crippen LogP) is 1.04. The maximum atomic E-state index is 12.1. The number of aliphatic hydroxyl groups is 1. The summed E-state index contributed by atoms with van der Waals surface area (Å²) < 4.78 is 0. The van der Waals surface area contributed by atoms with Crippen LogP contribution in [0.25, 0.3) is 0 Å². The van der Waals surface area contributed by atoms with E-state index in [0.717, 1.165) is 12.8 Å². The van der Waals surface area contributed by atoms with Gasteiger partial charge >= 0.3 is 0 Å². The number of β-amino-alcohol motifs (C(OH)–C–C–N with tert-alkyl or cyclic N) is 1. The minimum Gasteiger partial charge on any atom is -0.386 e. The van der Waals surface area contributed by atoms with Crippen LogP contribution in [0.15, 0.2) is 6.07 Å². The Morgan fingerprint density at radius 3 is 2.72 bits per heavy atom. The Morgan fingerprint density at radius 1 is 1.50 bits per heavy atom. The predicted molar refractivity (Wildman–Crippen MR) is 65.4 cm³/mol. The quantitative estimate of drug-likeness (QED) is 0.813. The topological polar surface area (TPSA) is 66.3 Å². The summed E-state index contributed by atoms with van der Waals surface area (Å²) in [4.78, 5) is 21.6. The lowest BCUT2D eigenvalue weighted by atomic mass is 9.88. The number of aryl methyl sites for hydroxylation is 1. The van der Waals surface area contributed by atoms with Crippen LogP contribution in [-0.2, 0) is 0 Å². The van der Waals surface area contributed by atoms with Crippen molar-refractivity contribution in [1.82, 2.24) is 14.9 Å². The van der Waals surface area contributed by atoms with Crippen LogP contribution in [-0.4, -0.2) is 44.6 Å². The molecule has 1 amide bonds. The zero-order chi connectivity index (χ0) is 12.9. The van der Waals surface area contributed by atoms with Crippen molar-refractivity contribution in [2.24, 2.45) is 5.92 Å². The summed E-state index contributed by atoms with van der Waals surface area (Å²) in [5.41, 5.74) is 0.295. The van der Waals surface area contributed by atoms with E-state index in [1.54, 1.807) is 17.9 Å². The first-order valence-electron chi connectivity index (χ1n) is 6.01. The molecule has 0 atom stereocenters. The zero-order valence-electron chi connectivity index (χ0n) is 10.1. The minimum atomic E-state index is -0.665. The molecule has 0 spiro atoms. The minimum absolute atomic E-state index is 0.0799. The third kappa shape index (κ3) is 1.97. The lowest BCUT2D eigenvalue weighted by molar-refractivity contribution is -0.0959. The fraction of sp³-hybridized carbons (Fsp3) is 0.583. The Labute approximate surface area is 110 Å². The summed E-state index contributed by atoms with van der Waals surface area (Å²) >= 11 is 5.73. The first-order chi connectivity index (χ1) is 8.48. The number of carbonyl (C=O) groups is 1. The molecular formula is C12H14ClN3O2. The molecule has 2 heterocycles. The average molecular weight is 268 g/mol. The molecule has 1 aliphatic heterocycles. The van der Waals surface area contributed by atoms with Gasteiger partial charge in [0.05, 0.1) is 13.1 Å². The van der Waals surface area contributed by atoms with Gasteiger partial charge in [-0.05, 0) is 43.4 Å². The van der Waals surface area contributed by atoms with Crippen molar-refractivity contribution in [3.8, 4) is 0 Å². The van der Waals surface area contributed by atoms with Crippen LogP contribution >= 0.6 is 11.6 Å². The second-order valence-electron chi connectivity index (χ2n) is 5.20. The van der Waals surface area contributed by atoms with E-state index in [-0.39, 0.29) is 11.2 Å². The molecule has 96 valence electrons. The number of hydrogen-bond donors (Lipinski definition) is 1. The van der Waals surface area contributed by atoms with Gasteiger partial charge in [-0.15, -0.1) is 0 Å². The first-order valence-corrected chi connectivity index (χ1v) is 6.38. The third-order valence-corrected chi connectivity index (χ3v) is 3.77. The SMILES string of the molecule is Cc1cc(C(=O)N2CC(O)(C3CC3)C2)nc(Cl)n1. The van der Waals surface area contributed by atoms with E-state index >= 15 is 0 Å². The number of aromatic nitrogens is 2. The number of amides is 1. The molecule has 0 unspecified atom stereocenters. The van der Waals surface area contributed by atoms with E-state index in [0.29, 0.717) is 30.4 Å². The summed E-state index contributed by atoms with van der Waals surface area (Å²) in [7, 11) is 0. The van der Waals surface area contributed by atoms with E-state index in [1.165, 1.54) is 0 Å². The van der Waals surface area contributed by atoms with Crippen molar-refractivity contribution >= 4 is 17.5 Å². The number of halogens is 1. The zero-order valence-corrected chi connectivity index (χ0v) is 10.8. The van der Waals surface area contributed by atoms with Gasteiger partial charge in [0.15, 0.2) is 0 Å². The molecule has 1 aromatic heterocycles. The summed E-state index contributed by atoms with van der Waals surface area (Å²) in [5, 5.41) is 10.3. The molecule has 0 bridgehead atoms. The van der Waals surface area contributed by atoms with E-state index in [1.807, 2.05) is 0 Å². The average Bonchev–Trinajstić information content (AvgIpc) is 3.06. The van der Waals surface area contributed by atoms with Gasteiger partial charge in [0.2, 0.25) is 5.28 Å². The van der Waals surface area contributed by atoms with E-state index in [2.05, 4.69) is 9.97 Å². The highest BCUT2D eigenvalue weighted by atomic mass is 35.5. The molecule has 1 N–H and O–H groups in total. The normalized spacial score (nSPS) is 21.6. The fourth-order valence-electron chi connectivity index (χ4n) is 2.44. The van der Waals surface area contributed by atoms with Crippen molar-refractivity contribution in [3.63, 3.8) is 0 Å². The second-order valence-corrected chi connectivity index (χ2v) is 5.54. The van der Waals surface area contributed by atoms with Crippen molar-refractivity contribution in [2.75, 3.05) is 13.1 Å². The van der Waals surface area contributed by atoms with Gasteiger partial charge in [0, 0.05) is 5.69 Å². The second kappa shape index (κ2) is 3.90. The summed E-state index contributed by atoms with van der Waals surface area (Å²) in [6.45, 7) is 2.56. The fourth-order valence-corrected chi connectivity index (χ4v) is 2.67. The van der Waals surface area contributed by atoms with Crippen molar-refractivity contribution in [3.05, 3.63) is 22.7 Å². The molecule has 1 aromatic rings. The lowest BCUT2D eigenvalue weighted by Gasteiger charge is -2.46. The molecule has 1 saturated carbocycles. The van der Waals surface area contributed by atoms with E-state index in [9.17, 15) is 9.90 Å². The molecule has 0 radical (unpaired) electrons. The molecule has 5 nitrogen and oxygen atoms in total. The maximum Gasteiger partial charge on any atom is 0.272 e. The van der Waals surface area contributed by atoms with Crippen LogP contribution in [0.1, 0.15) is 29.0 Å². The van der Waals surface area contributed by atoms with Crippen molar-refractivity contribution in [2.45, 2.75) is 25.4 Å². The number of nitrogens with zero attached hydrogens (tertiary/aromatic N) is 3. The largest absolute Gasteiger partial charge is 0.386 e. The van der Waals surface area contributed by atoms with Gasteiger partial charge in [-0.25, -0.2) is 9.97 Å². The first kappa shape index (κ1) is 11.9. The molecule has 3 rings (SSSR count). The summed E-state index contributed by atoms with van der Waals surface area (Å²) in [5.74, 6) is 0.185. The van der Waals surface area contributed by atoms with Crippen LogP contribution in [0, 0.1) is 12.8 Å². The number of hydrogen-bond acceptors (Lipinski definition) is 4. The Hall–Kier alpha value is -1.20. The Kier molecular flexibility index (Phi) is 2.57. The highest BCUT2D eigenvalue weighted by Gasteiger charge is 2.53. The molecule has 6 heteroatoms. The Morgan fingerprint density at radius 2 is 2.17 bits per heavy atom. The number of carbonyl (C=O) groups excluding carboxylic acids is 1. The Balaban J connectivity index is 1.72. The van der Waals surface area contributed by atoms with E-state index < -0.39 is 5.60 Å². The maximum absolute atomic E-state index is 12.1. The van der Waals surface area contributed by atoms with Crippen molar-refractivity contribution in [1.29, 1.82) is 0 Å². The van der Waals surface area contributed by atoms with Gasteiger partial charge in [0.25, 0.3) is 5.91 Å². The highest BCUT2D eigenvalue weighted by Crippen LogP contribution is 2.44. The van der Waals surface area contributed by atoms with Crippen molar-refractivity contribution < 1.29 is 9.90 Å². The molecule has 0 aromatic carbocycles. The van der Waals surface area contributed by atoms with Gasteiger partial charge in [-0.3, -0.25) is 4.79 Å².